The van der Waals surface area contributed by atoms with Crippen LogP contribution in [-0.4, -0.2) is 51.8 Å². The van der Waals surface area contributed by atoms with Crippen LogP contribution in [-0.2, 0) is 13.0 Å². The molecule has 0 bridgehead atoms. The third-order valence-corrected chi connectivity index (χ3v) is 5.55. The van der Waals surface area contributed by atoms with E-state index >= 15 is 0 Å². The van der Waals surface area contributed by atoms with Gasteiger partial charge in [-0.1, -0.05) is 32.0 Å². The lowest BCUT2D eigenvalue weighted by molar-refractivity contribution is 0.0757. The van der Waals surface area contributed by atoms with Crippen LogP contribution in [0.5, 0.6) is 0 Å². The number of carbonyl (C=O) groups is 1. The number of rotatable bonds is 3. The van der Waals surface area contributed by atoms with Crippen LogP contribution in [0.4, 0.5) is 0 Å². The second kappa shape index (κ2) is 7.19. The first-order valence-corrected chi connectivity index (χ1v) is 9.66. The van der Waals surface area contributed by atoms with Gasteiger partial charge in [0.15, 0.2) is 0 Å². The van der Waals surface area contributed by atoms with Gasteiger partial charge >= 0.3 is 0 Å². The summed E-state index contributed by atoms with van der Waals surface area (Å²) in [6.07, 6.45) is 1.86. The maximum atomic E-state index is 13.3. The van der Waals surface area contributed by atoms with E-state index in [1.54, 1.807) is 0 Å². The van der Waals surface area contributed by atoms with E-state index in [2.05, 4.69) is 40.0 Å². The summed E-state index contributed by atoms with van der Waals surface area (Å²) in [7, 11) is 0. The zero-order valence-corrected chi connectivity index (χ0v) is 15.6. The Morgan fingerprint density at radius 2 is 2.04 bits per heavy atom. The quantitative estimate of drug-likeness (QED) is 0.919. The summed E-state index contributed by atoms with van der Waals surface area (Å²) < 4.78 is 2.20. The molecule has 1 aromatic carbocycles. The molecule has 138 valence electrons. The number of carbonyl (C=O) groups excluding carboxylic acids is 1. The van der Waals surface area contributed by atoms with Crippen LogP contribution in [0.2, 0.25) is 0 Å². The summed E-state index contributed by atoms with van der Waals surface area (Å²) in [5, 5.41) is 12.1. The molecule has 0 unspecified atom stereocenters. The summed E-state index contributed by atoms with van der Waals surface area (Å²) in [5.74, 6) is 2.95. The highest BCUT2D eigenvalue weighted by Crippen LogP contribution is 2.27. The van der Waals surface area contributed by atoms with E-state index in [1.165, 1.54) is 5.56 Å². The van der Waals surface area contributed by atoms with Gasteiger partial charge in [0.25, 0.3) is 5.91 Å². The lowest BCUT2D eigenvalue weighted by atomic mass is 9.93. The van der Waals surface area contributed by atoms with Gasteiger partial charge in [-0.25, -0.2) is 0 Å². The van der Waals surface area contributed by atoms with E-state index in [-0.39, 0.29) is 5.91 Å². The average molecular weight is 353 g/mol. The van der Waals surface area contributed by atoms with Gasteiger partial charge in [-0.3, -0.25) is 4.79 Å². The van der Waals surface area contributed by atoms with Crippen molar-refractivity contribution in [1.29, 1.82) is 0 Å². The molecule has 4 rings (SSSR count). The van der Waals surface area contributed by atoms with Gasteiger partial charge < -0.3 is 14.8 Å². The van der Waals surface area contributed by atoms with Gasteiger partial charge in [0.2, 0.25) is 0 Å². The molecule has 3 heterocycles. The molecule has 0 spiro atoms. The van der Waals surface area contributed by atoms with Crippen molar-refractivity contribution in [2.75, 3.05) is 26.2 Å². The molecule has 0 saturated carbocycles. The number of amides is 1. The lowest BCUT2D eigenvalue weighted by Crippen LogP contribution is -2.34. The predicted molar refractivity (Wildman–Crippen MR) is 100 cm³/mol. The van der Waals surface area contributed by atoms with Crippen LogP contribution >= 0.6 is 0 Å². The highest BCUT2D eigenvalue weighted by Gasteiger charge is 2.27. The fraction of sp³-hybridized carbons (Fsp3) is 0.550. The summed E-state index contributed by atoms with van der Waals surface area (Å²) in [6, 6.07) is 8.13. The van der Waals surface area contributed by atoms with Crippen molar-refractivity contribution in [2.45, 2.75) is 45.1 Å². The largest absolute Gasteiger partial charge is 0.336 e. The van der Waals surface area contributed by atoms with Crippen LogP contribution in [0.15, 0.2) is 24.3 Å². The van der Waals surface area contributed by atoms with Crippen molar-refractivity contribution < 1.29 is 4.79 Å². The van der Waals surface area contributed by atoms with Gasteiger partial charge in [-0.05, 0) is 30.5 Å². The molecule has 2 aromatic rings. The Kier molecular flexibility index (Phi) is 4.76. The highest BCUT2D eigenvalue weighted by atomic mass is 16.2. The van der Waals surface area contributed by atoms with E-state index < -0.39 is 0 Å². The summed E-state index contributed by atoms with van der Waals surface area (Å²) in [4.78, 5) is 15.3. The van der Waals surface area contributed by atoms with Crippen LogP contribution in [0.25, 0.3) is 0 Å². The molecule has 2 aliphatic rings. The monoisotopic (exact) mass is 353 g/mol. The number of hydrogen-bond donors (Lipinski definition) is 1. The van der Waals surface area contributed by atoms with Gasteiger partial charge in [-0.2, -0.15) is 0 Å². The van der Waals surface area contributed by atoms with E-state index in [0.29, 0.717) is 24.9 Å². The Morgan fingerprint density at radius 1 is 1.19 bits per heavy atom. The van der Waals surface area contributed by atoms with E-state index in [4.69, 9.17) is 0 Å². The fourth-order valence-electron chi connectivity index (χ4n) is 4.11. The molecule has 6 heteroatoms. The Morgan fingerprint density at radius 3 is 2.81 bits per heavy atom. The third-order valence-electron chi connectivity index (χ3n) is 5.55. The Hall–Kier alpha value is -2.21. The van der Waals surface area contributed by atoms with E-state index in [9.17, 15) is 4.79 Å². The molecule has 26 heavy (non-hydrogen) atoms. The topological polar surface area (TPSA) is 63.1 Å². The standard InChI is InChI=1S/C20H27N5O/c1-14(2)19-23-22-18-8-10-24(11-12-25(18)19)20(26)17-6-4-3-5-16(17)15-7-9-21-13-15/h3-6,14-15,21H,7-13H2,1-2H3/t15-/m1/s1. The second-order valence-electron chi connectivity index (χ2n) is 7.60. The minimum Gasteiger partial charge on any atom is -0.336 e. The van der Waals surface area contributed by atoms with Gasteiger partial charge in [0.1, 0.15) is 11.6 Å². The zero-order valence-electron chi connectivity index (χ0n) is 15.6. The minimum absolute atomic E-state index is 0.150. The molecule has 1 amide bonds. The van der Waals surface area contributed by atoms with E-state index in [0.717, 1.165) is 49.7 Å². The Bertz CT molecular complexity index is 791. The predicted octanol–water partition coefficient (Wildman–Crippen LogP) is 2.18. The van der Waals surface area contributed by atoms with Crippen LogP contribution in [0.1, 0.15) is 59.7 Å². The molecule has 6 nitrogen and oxygen atoms in total. The minimum atomic E-state index is 0.150. The number of fused-ring (bicyclic) bond motifs is 1. The van der Waals surface area contributed by atoms with Crippen LogP contribution in [0.3, 0.4) is 0 Å². The maximum absolute atomic E-state index is 13.3. The normalized spacial score (nSPS) is 20.3. The third kappa shape index (κ3) is 3.14. The van der Waals surface area contributed by atoms with Crippen molar-refractivity contribution >= 4 is 5.91 Å². The first-order chi connectivity index (χ1) is 12.6. The number of hydrogen-bond acceptors (Lipinski definition) is 4. The van der Waals surface area contributed by atoms with Gasteiger partial charge in [-0.15, -0.1) is 10.2 Å². The lowest BCUT2D eigenvalue weighted by Gasteiger charge is -2.23. The molecule has 0 radical (unpaired) electrons. The highest BCUT2D eigenvalue weighted by molar-refractivity contribution is 5.96. The Balaban J connectivity index is 1.55. The molecular formula is C20H27N5O. The van der Waals surface area contributed by atoms with E-state index in [1.807, 2.05) is 23.1 Å². The number of aromatic nitrogens is 3. The smallest absolute Gasteiger partial charge is 0.254 e. The molecule has 2 aliphatic heterocycles. The van der Waals surface area contributed by atoms with Crippen molar-refractivity contribution in [3.05, 3.63) is 47.0 Å². The number of benzene rings is 1. The van der Waals surface area contributed by atoms with Gasteiger partial charge in [0.05, 0.1) is 0 Å². The molecule has 1 N–H and O–H groups in total. The molecule has 1 saturated heterocycles. The fourth-order valence-corrected chi connectivity index (χ4v) is 4.11. The summed E-state index contributed by atoms with van der Waals surface area (Å²) in [5.41, 5.74) is 2.05. The SMILES string of the molecule is CC(C)c1nnc2n1CCN(C(=O)c1ccccc1[C@@H]1CCNC1)CC2. The first kappa shape index (κ1) is 17.2. The van der Waals surface area contributed by atoms with Crippen LogP contribution in [0, 0.1) is 0 Å². The zero-order chi connectivity index (χ0) is 18.1. The summed E-state index contributed by atoms with van der Waals surface area (Å²) >= 11 is 0. The molecule has 1 fully saturated rings. The maximum Gasteiger partial charge on any atom is 0.254 e. The second-order valence-corrected chi connectivity index (χ2v) is 7.60. The molecule has 1 aromatic heterocycles. The molecular weight excluding hydrogens is 326 g/mol. The van der Waals surface area contributed by atoms with Crippen molar-refractivity contribution in [1.82, 2.24) is 25.0 Å². The van der Waals surface area contributed by atoms with Crippen molar-refractivity contribution in [3.63, 3.8) is 0 Å². The van der Waals surface area contributed by atoms with Crippen molar-refractivity contribution in [3.8, 4) is 0 Å². The average Bonchev–Trinajstić information content (AvgIpc) is 3.27. The number of nitrogens with zero attached hydrogens (tertiary/aromatic N) is 4. The number of nitrogens with one attached hydrogen (secondary N) is 1. The Labute approximate surface area is 154 Å². The van der Waals surface area contributed by atoms with Crippen LogP contribution < -0.4 is 5.32 Å². The molecule has 0 aliphatic carbocycles. The van der Waals surface area contributed by atoms with Crippen molar-refractivity contribution in [2.24, 2.45) is 0 Å². The van der Waals surface area contributed by atoms with Gasteiger partial charge in [0, 0.05) is 44.1 Å². The first-order valence-electron chi connectivity index (χ1n) is 9.66. The molecule has 1 atom stereocenters. The summed E-state index contributed by atoms with van der Waals surface area (Å²) in [6.45, 7) is 8.45.